The maximum atomic E-state index is 12.4. The molecule has 0 saturated heterocycles. The zero-order valence-electron chi connectivity index (χ0n) is 17.5. The smallest absolute Gasteiger partial charge is 0.345 e. The lowest BCUT2D eigenvalue weighted by Crippen LogP contribution is -2.32. The van der Waals surface area contributed by atoms with Crippen molar-refractivity contribution in [2.75, 3.05) is 12.4 Å². The number of hydrazone groups is 1. The molecule has 0 unspecified atom stereocenters. The van der Waals surface area contributed by atoms with Crippen LogP contribution in [0.15, 0.2) is 65.8 Å². The van der Waals surface area contributed by atoms with E-state index in [1.165, 1.54) is 37.6 Å². The summed E-state index contributed by atoms with van der Waals surface area (Å²) in [7, 11) is 1.40. The normalized spacial score (nSPS) is 10.6. The van der Waals surface area contributed by atoms with Gasteiger partial charge in [-0.05, 0) is 48.0 Å². The van der Waals surface area contributed by atoms with Crippen LogP contribution in [0.25, 0.3) is 0 Å². The van der Waals surface area contributed by atoms with E-state index in [0.717, 1.165) is 0 Å². The lowest BCUT2D eigenvalue weighted by molar-refractivity contribution is -0.136. The molecule has 0 aliphatic heterocycles. The molecule has 0 atom stereocenters. The van der Waals surface area contributed by atoms with E-state index in [1.54, 1.807) is 36.4 Å². The highest BCUT2D eigenvalue weighted by Crippen LogP contribution is 2.30. The number of nitrogens with one attached hydrogen (secondary N) is 2. The number of anilines is 1. The van der Waals surface area contributed by atoms with Crippen molar-refractivity contribution in [2.45, 2.75) is 0 Å². The second kappa shape index (κ2) is 11.5. The Morgan fingerprint density at radius 3 is 2.35 bits per heavy atom. The molecule has 3 aromatic rings. The number of methoxy groups -OCH3 is 1. The van der Waals surface area contributed by atoms with Gasteiger partial charge in [-0.1, -0.05) is 53.0 Å². The van der Waals surface area contributed by atoms with Crippen molar-refractivity contribution in [3.8, 4) is 11.5 Å². The molecule has 0 heterocycles. The van der Waals surface area contributed by atoms with Gasteiger partial charge in [0.15, 0.2) is 11.5 Å². The molecule has 11 heteroatoms. The third-order valence-electron chi connectivity index (χ3n) is 4.27. The summed E-state index contributed by atoms with van der Waals surface area (Å²) in [5.74, 6) is -2.26. The molecule has 0 saturated carbocycles. The number of halogens is 3. The van der Waals surface area contributed by atoms with Crippen molar-refractivity contribution < 1.29 is 23.9 Å². The van der Waals surface area contributed by atoms with Crippen molar-refractivity contribution in [1.82, 2.24) is 5.43 Å². The highest BCUT2D eigenvalue weighted by molar-refractivity contribution is 6.45. The molecule has 3 aromatic carbocycles. The summed E-state index contributed by atoms with van der Waals surface area (Å²) >= 11 is 17.9. The average Bonchev–Trinajstić information content (AvgIpc) is 2.82. The second-order valence-corrected chi connectivity index (χ2v) is 7.73. The van der Waals surface area contributed by atoms with Crippen LogP contribution in [0, 0.1) is 0 Å². The Morgan fingerprint density at radius 2 is 1.62 bits per heavy atom. The van der Waals surface area contributed by atoms with Gasteiger partial charge in [-0.2, -0.15) is 5.10 Å². The minimum atomic E-state index is -1.02. The SMILES string of the molecule is COc1cc(/C=N\NC(=O)C(=O)Nc2cccc(Cl)c2Cl)ccc1OC(=O)c1ccccc1Cl. The number of amides is 2. The Kier molecular flexibility index (Phi) is 8.48. The van der Waals surface area contributed by atoms with Crippen LogP contribution >= 0.6 is 34.8 Å². The largest absolute Gasteiger partial charge is 0.493 e. The standard InChI is InChI=1S/C23H16Cl3N3O5/c1-33-19-11-13(9-10-18(19)34-23(32)14-5-2-3-6-15(14)24)12-27-29-22(31)21(30)28-17-8-4-7-16(25)20(17)26/h2-12H,1H3,(H,28,30)(H,29,31)/b27-12-. The number of benzene rings is 3. The number of hydrogen-bond acceptors (Lipinski definition) is 6. The van der Waals surface area contributed by atoms with E-state index in [2.05, 4.69) is 15.8 Å². The molecule has 0 aliphatic rings. The third-order valence-corrected chi connectivity index (χ3v) is 5.42. The van der Waals surface area contributed by atoms with Crippen LogP contribution < -0.4 is 20.2 Å². The Morgan fingerprint density at radius 1 is 0.882 bits per heavy atom. The summed E-state index contributed by atoms with van der Waals surface area (Å²) in [5.41, 5.74) is 2.98. The van der Waals surface area contributed by atoms with Gasteiger partial charge in [-0.25, -0.2) is 10.2 Å². The lowest BCUT2D eigenvalue weighted by Gasteiger charge is -2.10. The van der Waals surface area contributed by atoms with Gasteiger partial charge in [-0.15, -0.1) is 0 Å². The van der Waals surface area contributed by atoms with Crippen molar-refractivity contribution >= 4 is 64.5 Å². The van der Waals surface area contributed by atoms with E-state index < -0.39 is 17.8 Å². The molecule has 0 aliphatic carbocycles. The molecule has 3 rings (SSSR count). The van der Waals surface area contributed by atoms with Gasteiger partial charge in [0.2, 0.25) is 0 Å². The Bertz CT molecular complexity index is 1280. The molecule has 2 amide bonds. The zero-order chi connectivity index (χ0) is 24.7. The van der Waals surface area contributed by atoms with E-state index in [9.17, 15) is 14.4 Å². The first-order valence-electron chi connectivity index (χ1n) is 9.53. The van der Waals surface area contributed by atoms with Crippen molar-refractivity contribution in [2.24, 2.45) is 5.10 Å². The number of esters is 1. The van der Waals surface area contributed by atoms with Gasteiger partial charge in [-0.3, -0.25) is 9.59 Å². The van der Waals surface area contributed by atoms with Crippen LogP contribution in [-0.2, 0) is 9.59 Å². The monoisotopic (exact) mass is 519 g/mol. The number of carbonyl (C=O) groups excluding carboxylic acids is 3. The number of rotatable bonds is 6. The first kappa shape index (κ1) is 25.0. The quantitative estimate of drug-likeness (QED) is 0.157. The molecule has 0 spiro atoms. The van der Waals surface area contributed by atoms with Gasteiger partial charge >= 0.3 is 17.8 Å². The summed E-state index contributed by atoms with van der Waals surface area (Å²) in [4.78, 5) is 36.4. The predicted octanol–water partition coefficient (Wildman–Crippen LogP) is 4.96. The summed E-state index contributed by atoms with van der Waals surface area (Å²) in [5, 5.41) is 6.68. The summed E-state index contributed by atoms with van der Waals surface area (Å²) in [6.45, 7) is 0. The molecule has 174 valence electrons. The highest BCUT2D eigenvalue weighted by Gasteiger charge is 2.17. The topological polar surface area (TPSA) is 106 Å². The van der Waals surface area contributed by atoms with Crippen molar-refractivity contribution in [1.29, 1.82) is 0 Å². The van der Waals surface area contributed by atoms with Gasteiger partial charge in [0, 0.05) is 0 Å². The molecular weight excluding hydrogens is 505 g/mol. The second-order valence-electron chi connectivity index (χ2n) is 6.53. The number of hydrogen-bond donors (Lipinski definition) is 2. The summed E-state index contributed by atoms with van der Waals surface area (Å²) in [6.07, 6.45) is 1.28. The van der Waals surface area contributed by atoms with E-state index >= 15 is 0 Å². The minimum Gasteiger partial charge on any atom is -0.493 e. The molecule has 0 radical (unpaired) electrons. The average molecular weight is 521 g/mol. The summed E-state index contributed by atoms with van der Waals surface area (Å²) < 4.78 is 10.6. The minimum absolute atomic E-state index is 0.108. The van der Waals surface area contributed by atoms with Gasteiger partial charge in [0.1, 0.15) is 0 Å². The number of ether oxygens (including phenoxy) is 2. The highest BCUT2D eigenvalue weighted by atomic mass is 35.5. The lowest BCUT2D eigenvalue weighted by atomic mass is 10.2. The number of nitrogens with zero attached hydrogens (tertiary/aromatic N) is 1. The van der Waals surface area contributed by atoms with Crippen LogP contribution in [0.4, 0.5) is 5.69 Å². The van der Waals surface area contributed by atoms with Gasteiger partial charge in [0.05, 0.1) is 39.6 Å². The van der Waals surface area contributed by atoms with Crippen LogP contribution in [0.1, 0.15) is 15.9 Å². The fourth-order valence-electron chi connectivity index (χ4n) is 2.63. The maximum absolute atomic E-state index is 12.4. The predicted molar refractivity (Wildman–Crippen MR) is 130 cm³/mol. The molecule has 0 bridgehead atoms. The van der Waals surface area contributed by atoms with E-state index in [1.807, 2.05) is 0 Å². The first-order chi connectivity index (χ1) is 16.3. The third kappa shape index (κ3) is 6.26. The molecular formula is C23H16Cl3N3O5. The van der Waals surface area contributed by atoms with Gasteiger partial charge in [0.25, 0.3) is 0 Å². The fourth-order valence-corrected chi connectivity index (χ4v) is 3.19. The fraction of sp³-hybridized carbons (Fsp3) is 0.0435. The Hall–Kier alpha value is -3.59. The molecule has 0 aromatic heterocycles. The Labute approximate surface area is 209 Å². The summed E-state index contributed by atoms with van der Waals surface area (Å²) in [6, 6.07) is 15.7. The van der Waals surface area contributed by atoms with Crippen LogP contribution in [0.5, 0.6) is 11.5 Å². The molecule has 8 nitrogen and oxygen atoms in total. The number of carbonyl (C=O) groups is 3. The first-order valence-corrected chi connectivity index (χ1v) is 10.7. The van der Waals surface area contributed by atoms with Crippen molar-refractivity contribution in [3.05, 3.63) is 86.9 Å². The van der Waals surface area contributed by atoms with Gasteiger partial charge < -0.3 is 14.8 Å². The molecule has 0 fully saturated rings. The van der Waals surface area contributed by atoms with Crippen LogP contribution in [0.3, 0.4) is 0 Å². The van der Waals surface area contributed by atoms with E-state index in [-0.39, 0.29) is 37.8 Å². The molecule has 2 N–H and O–H groups in total. The van der Waals surface area contributed by atoms with Crippen molar-refractivity contribution in [3.63, 3.8) is 0 Å². The maximum Gasteiger partial charge on any atom is 0.345 e. The Balaban J connectivity index is 1.63. The van der Waals surface area contributed by atoms with E-state index in [4.69, 9.17) is 44.3 Å². The zero-order valence-corrected chi connectivity index (χ0v) is 19.7. The van der Waals surface area contributed by atoms with Crippen LogP contribution in [-0.4, -0.2) is 31.1 Å². The van der Waals surface area contributed by atoms with E-state index in [0.29, 0.717) is 5.56 Å². The molecule has 34 heavy (non-hydrogen) atoms. The van der Waals surface area contributed by atoms with Crippen LogP contribution in [0.2, 0.25) is 15.1 Å².